The van der Waals surface area contributed by atoms with Crippen LogP contribution in [0.15, 0.2) is 159 Å². The van der Waals surface area contributed by atoms with Gasteiger partial charge in [0, 0.05) is 163 Å². The molecule has 21 heteroatoms. The number of hydrogen-bond acceptors (Lipinski definition) is 11. The number of nitrogens with zero attached hydrogens (tertiary/aromatic N) is 2. The first-order valence-corrected chi connectivity index (χ1v) is 45.3. The molecule has 115 heavy (non-hydrogen) atoms. The van der Waals surface area contributed by atoms with Crippen molar-refractivity contribution >= 4 is 112 Å². The summed E-state index contributed by atoms with van der Waals surface area (Å²) in [5.74, 6) is -1.13. The van der Waals surface area contributed by atoms with Crippen LogP contribution < -0.4 is 31.5 Å². The first-order valence-electron chi connectivity index (χ1n) is 41.3. The number of unbranched alkanes of at least 4 members (excludes halogenated alkanes) is 5. The van der Waals surface area contributed by atoms with Crippen LogP contribution in [0.5, 0.6) is 0 Å². The number of ketones is 1. The Balaban J connectivity index is 0.713. The number of aromatic nitrogens is 3. The van der Waals surface area contributed by atoms with Gasteiger partial charge in [-0.2, -0.15) is 21.4 Å². The van der Waals surface area contributed by atoms with Crippen molar-refractivity contribution in [3.8, 4) is 0 Å². The van der Waals surface area contributed by atoms with Crippen molar-refractivity contribution in [2.45, 2.75) is 194 Å². The molecule has 1 fully saturated rings. The molecule has 2 aliphatic carbocycles. The van der Waals surface area contributed by atoms with Crippen molar-refractivity contribution < 1.29 is 49.6 Å². The molecular weight excluding hydrogens is 1500 g/mol. The minimum atomic E-state index is -4.14. The summed E-state index contributed by atoms with van der Waals surface area (Å²) in [5, 5.41) is 16.6. The maximum atomic E-state index is 14.2. The third-order valence-electron chi connectivity index (χ3n) is 24.8. The maximum absolute atomic E-state index is 14.2. The Labute approximate surface area is 681 Å². The van der Waals surface area contributed by atoms with Gasteiger partial charge in [0.15, 0.2) is 11.5 Å². The summed E-state index contributed by atoms with van der Waals surface area (Å²) in [4.78, 5) is 58.1. The molecule has 2 amide bonds. The van der Waals surface area contributed by atoms with Crippen molar-refractivity contribution in [1.29, 1.82) is 0 Å². The number of benzene rings is 5. The number of allylic oxidation sites excluding steroid dienone is 10. The number of aromatic amines is 3. The van der Waals surface area contributed by atoms with Gasteiger partial charge in [-0.05, 0) is 221 Å². The third kappa shape index (κ3) is 17.1. The van der Waals surface area contributed by atoms with Gasteiger partial charge in [-0.1, -0.05) is 132 Å². The van der Waals surface area contributed by atoms with Gasteiger partial charge in [0.25, 0.3) is 26.1 Å². The summed E-state index contributed by atoms with van der Waals surface area (Å²) in [6, 6.07) is 33.1. The van der Waals surface area contributed by atoms with Crippen LogP contribution in [-0.2, 0) is 47.0 Å². The number of nitrogens with one attached hydrogen (secondary N) is 6. The van der Waals surface area contributed by atoms with Crippen molar-refractivity contribution in [3.05, 3.63) is 238 Å². The zero-order valence-electron chi connectivity index (χ0n) is 68.3. The van der Waals surface area contributed by atoms with Crippen molar-refractivity contribution in [2.75, 3.05) is 49.2 Å². The lowest BCUT2D eigenvalue weighted by Crippen LogP contribution is -2.34. The van der Waals surface area contributed by atoms with Gasteiger partial charge >= 0.3 is 0 Å². The van der Waals surface area contributed by atoms with E-state index in [9.17, 15) is 40.3 Å². The summed E-state index contributed by atoms with van der Waals surface area (Å²) in [5.41, 5.74) is 21.3. The molecule has 3 atom stereocenters. The number of rotatable bonds is 30. The molecule has 0 spiro atoms. The summed E-state index contributed by atoms with van der Waals surface area (Å²) < 4.78 is 76.2. The Bertz CT molecular complexity index is 5800. The molecule has 14 rings (SSSR count). The molecule has 604 valence electrons. The molecule has 1 unspecified atom stereocenters. The number of amides is 2. The van der Waals surface area contributed by atoms with E-state index < -0.39 is 31.1 Å². The lowest BCUT2D eigenvalue weighted by atomic mass is 9.78. The second-order valence-corrected chi connectivity index (χ2v) is 37.4. The zero-order valence-corrected chi connectivity index (χ0v) is 70.8. The topological polar surface area (TPSA) is 259 Å². The van der Waals surface area contributed by atoms with Gasteiger partial charge in [0.1, 0.15) is 6.54 Å². The van der Waals surface area contributed by atoms with E-state index >= 15 is 0 Å². The van der Waals surface area contributed by atoms with Crippen LogP contribution in [0, 0.1) is 32.6 Å². The molecule has 8 bridgehead atoms. The molecular formula is C94H111N8O10S3+. The fraction of sp³-hybridized carbons (Fsp3) is 0.404. The van der Waals surface area contributed by atoms with Crippen LogP contribution in [0.25, 0.3) is 45.3 Å². The highest BCUT2D eigenvalue weighted by Crippen LogP contribution is 2.53. The fourth-order valence-electron chi connectivity index (χ4n) is 18.8. The largest absolute Gasteiger partial charge is 0.374 e. The van der Waals surface area contributed by atoms with E-state index in [1.165, 1.54) is 28.7 Å². The van der Waals surface area contributed by atoms with Gasteiger partial charge in [-0.3, -0.25) is 23.5 Å². The lowest BCUT2D eigenvalue weighted by molar-refractivity contribution is -0.438. The van der Waals surface area contributed by atoms with E-state index in [1.54, 1.807) is 11.8 Å². The first kappa shape index (κ1) is 82.2. The average molecular weight is 1610 g/mol. The van der Waals surface area contributed by atoms with E-state index in [2.05, 4.69) is 213 Å². The highest BCUT2D eigenvalue weighted by atomic mass is 32.2. The summed E-state index contributed by atoms with van der Waals surface area (Å²) >= 11 is 1.66. The number of hydrogen-bond donors (Lipinski definition) is 8. The number of H-pyrrole nitrogens is 3. The molecule has 7 heterocycles. The number of ether oxygens (including phenoxy) is 1. The molecule has 5 aromatic carbocycles. The van der Waals surface area contributed by atoms with Gasteiger partial charge < -0.3 is 40.5 Å². The smallest absolute Gasteiger partial charge is 0.264 e. The van der Waals surface area contributed by atoms with E-state index in [1.807, 2.05) is 43.3 Å². The molecule has 0 saturated carbocycles. The predicted octanol–water partition coefficient (Wildman–Crippen LogP) is 17.7. The maximum Gasteiger partial charge on any atom is 0.264 e. The monoisotopic (exact) mass is 1610 g/mol. The van der Waals surface area contributed by atoms with Gasteiger partial charge in [0.05, 0.1) is 28.7 Å². The summed E-state index contributed by atoms with van der Waals surface area (Å²) in [7, 11) is -8.28. The SMILES string of the molecule is CCCCCCOC(C)c1c2[nH]c(c1C)C=C1NC(=C3CC(=O)c4c3[nH]c(c4C)C=c3[nH]c(c(C)c3CC)=C2)[C@@H](CCC(=O)NCCNC(=O)c2ccc(SC3=C(/C=C/C4=[N+](CCCCS(=O)(=O)O)c5ccc6ccccc6c5C4(C)C)CCC/C3=C\C=C3\N(CCCCS(=O)(=O)O)c4ccc5ccccc5c4C3(C)C)cc2)[C@@H]1C. The average Bonchev–Trinajstić information content (AvgIpc) is 1.65. The normalized spacial score (nSPS) is 18.6. The number of Topliss-reactive ketones (excluding diaryl/α,β-unsaturated/α-hetero) is 1. The second-order valence-electron chi connectivity index (χ2n) is 33.1. The quantitative estimate of drug-likeness (QED) is 0.0119. The van der Waals surface area contributed by atoms with Crippen molar-refractivity contribution in [2.24, 2.45) is 11.8 Å². The minimum Gasteiger partial charge on any atom is -0.374 e. The molecule has 6 aliphatic rings. The van der Waals surface area contributed by atoms with Crippen LogP contribution in [0.3, 0.4) is 0 Å². The Morgan fingerprint density at radius 3 is 2.13 bits per heavy atom. The molecule has 8 aromatic rings. The van der Waals surface area contributed by atoms with Crippen LogP contribution >= 0.6 is 11.8 Å². The Morgan fingerprint density at radius 1 is 0.722 bits per heavy atom. The van der Waals surface area contributed by atoms with Crippen molar-refractivity contribution in [1.82, 2.24) is 30.9 Å². The van der Waals surface area contributed by atoms with E-state index in [-0.39, 0.29) is 73.0 Å². The molecule has 0 radical (unpaired) electrons. The minimum absolute atomic E-state index is 0.0424. The third-order valence-corrected chi connectivity index (χ3v) is 27.6. The van der Waals surface area contributed by atoms with Crippen molar-refractivity contribution in [3.63, 3.8) is 0 Å². The van der Waals surface area contributed by atoms with Gasteiger partial charge in [0.2, 0.25) is 11.6 Å². The zero-order chi connectivity index (χ0) is 81.4. The molecule has 8 N–H and O–H groups in total. The number of fused-ring (bicyclic) bond motifs is 13. The Hall–Kier alpha value is -9.35. The fourth-order valence-corrected chi connectivity index (χ4v) is 21.0. The van der Waals surface area contributed by atoms with E-state index in [0.29, 0.717) is 62.9 Å². The number of carbonyl (C=O) groups excluding carboxylic acids is 3. The number of carbonyl (C=O) groups is 3. The van der Waals surface area contributed by atoms with Crippen LogP contribution in [0.2, 0.25) is 0 Å². The number of anilines is 1. The molecule has 18 nitrogen and oxygen atoms in total. The van der Waals surface area contributed by atoms with E-state index in [4.69, 9.17) is 4.74 Å². The highest BCUT2D eigenvalue weighted by Gasteiger charge is 2.47. The van der Waals surface area contributed by atoms with Crippen LogP contribution in [0.1, 0.15) is 234 Å². The standard InChI is InChI=1S/C94H110N8O10S3/c1-12-14-15-22-50-112-61(7)85-59(5)75-54-74-58(4)69(89(99-74)72-53-81(103)86-60(6)76(100-90(72)86)55-77-68(13-2)57(3)73(97-77)56-78(85)98-75)40-45-84(104)95-46-47-96-92(105)66-32-38-67(39-33-66)113-91-64(36-43-82-93(8,9)87-70-30-18-16-26-62(70)34-41-79(87)101(82)48-20-23-51-114(106,107)108)28-25-29-65(91)37-44-83-94(10,11)88-71-31-19-17-27-63(71)35-42-80(88)102(83)49-21-24-52-115(109,110)111/h16-19,26-27,30-39,41-44,54-56,58,61,69,97-98H,12-15,20-25,28-29,40,45-53H2,1-11H3,(H5-,95,96,99,100,103,104,105,106,107,108,109,110,111)/p+1/t58-,61?,69-/m0/s1. The highest BCUT2D eigenvalue weighted by molar-refractivity contribution is 8.03. The Kier molecular flexibility index (Phi) is 24.4. The van der Waals surface area contributed by atoms with Crippen LogP contribution in [-0.4, -0.2) is 113 Å². The lowest BCUT2D eigenvalue weighted by Gasteiger charge is -2.28. The van der Waals surface area contributed by atoms with E-state index in [0.717, 1.165) is 177 Å². The molecule has 3 aromatic heterocycles. The predicted molar refractivity (Wildman–Crippen MR) is 466 cm³/mol. The first-order chi connectivity index (χ1) is 55.0. The van der Waals surface area contributed by atoms with Gasteiger partial charge in [-0.25, -0.2) is 0 Å². The second kappa shape index (κ2) is 34.1. The summed E-state index contributed by atoms with van der Waals surface area (Å²) in [6.45, 7) is 26.3. The summed E-state index contributed by atoms with van der Waals surface area (Å²) in [6.07, 6.45) is 25.8. The van der Waals surface area contributed by atoms with Gasteiger partial charge in [-0.15, -0.1) is 0 Å². The van der Waals surface area contributed by atoms with Crippen LogP contribution in [0.4, 0.5) is 11.4 Å². The molecule has 4 aliphatic heterocycles. The number of thioether (sulfide) groups is 1. The molecule has 1 saturated heterocycles. The Morgan fingerprint density at radius 2 is 1.41 bits per heavy atom.